The maximum atomic E-state index is 12.1. The second-order valence-electron chi connectivity index (χ2n) is 7.22. The highest BCUT2D eigenvalue weighted by Gasteiger charge is 2.16. The van der Waals surface area contributed by atoms with Crippen LogP contribution < -0.4 is 20.5 Å². The van der Waals surface area contributed by atoms with Crippen molar-refractivity contribution in [1.82, 2.24) is 14.3 Å². The van der Waals surface area contributed by atoms with Crippen LogP contribution in [0, 0.1) is 0 Å². The number of ether oxygens (including phenoxy) is 1. The highest BCUT2D eigenvalue weighted by molar-refractivity contribution is 5.49. The molecule has 0 aliphatic carbocycles. The van der Waals surface area contributed by atoms with Gasteiger partial charge in [0.15, 0.2) is 0 Å². The Morgan fingerprint density at radius 3 is 2.62 bits per heavy atom. The smallest absolute Gasteiger partial charge is 0.259 e. The minimum Gasteiger partial charge on any atom is -0.497 e. The Balaban J connectivity index is 1.21. The summed E-state index contributed by atoms with van der Waals surface area (Å²) in [4.78, 5) is 21.5. The number of hydrogen-bond acceptors (Lipinski definition) is 6. The van der Waals surface area contributed by atoms with Crippen molar-refractivity contribution in [2.24, 2.45) is 0 Å². The van der Waals surface area contributed by atoms with Gasteiger partial charge in [0.25, 0.3) is 5.56 Å². The molecular formula is C22H27N5O2. The molecule has 3 heterocycles. The lowest BCUT2D eigenvalue weighted by atomic mass is 10.2. The van der Waals surface area contributed by atoms with Gasteiger partial charge in [-0.1, -0.05) is 6.07 Å². The number of nitrogens with one attached hydrogen (secondary N) is 1. The third kappa shape index (κ3) is 4.68. The molecule has 0 amide bonds. The first-order valence-electron chi connectivity index (χ1n) is 10.1. The Morgan fingerprint density at radius 1 is 1.07 bits per heavy atom. The Morgan fingerprint density at radius 2 is 1.86 bits per heavy atom. The molecule has 1 aliphatic heterocycles. The van der Waals surface area contributed by atoms with E-state index in [0.717, 1.165) is 51.4 Å². The molecule has 7 nitrogen and oxygen atoms in total. The minimum absolute atomic E-state index is 0.0623. The van der Waals surface area contributed by atoms with Crippen molar-refractivity contribution in [3.05, 3.63) is 65.1 Å². The highest BCUT2D eigenvalue weighted by Crippen LogP contribution is 2.20. The average Bonchev–Trinajstić information content (AvgIpc) is 2.77. The van der Waals surface area contributed by atoms with Gasteiger partial charge < -0.3 is 15.0 Å². The molecule has 4 rings (SSSR count). The number of pyridine rings is 1. The lowest BCUT2D eigenvalue weighted by Gasteiger charge is -2.36. The van der Waals surface area contributed by atoms with Crippen molar-refractivity contribution in [1.29, 1.82) is 0 Å². The molecule has 152 valence electrons. The largest absolute Gasteiger partial charge is 0.497 e. The third-order valence-corrected chi connectivity index (χ3v) is 5.34. The van der Waals surface area contributed by atoms with Crippen LogP contribution in [0.4, 0.5) is 11.5 Å². The van der Waals surface area contributed by atoms with Crippen molar-refractivity contribution in [2.75, 3.05) is 56.6 Å². The molecule has 0 bridgehead atoms. The van der Waals surface area contributed by atoms with Crippen LogP contribution in [-0.2, 0) is 0 Å². The summed E-state index contributed by atoms with van der Waals surface area (Å²) in [6.07, 6.45) is 2.75. The molecule has 0 radical (unpaired) electrons. The van der Waals surface area contributed by atoms with Crippen LogP contribution in [0.3, 0.4) is 0 Å². The number of benzene rings is 1. The molecule has 1 aromatic carbocycles. The van der Waals surface area contributed by atoms with Gasteiger partial charge in [0.05, 0.1) is 7.11 Å². The molecule has 1 saturated heterocycles. The van der Waals surface area contributed by atoms with Gasteiger partial charge in [0.2, 0.25) is 0 Å². The fraction of sp³-hybridized carbons (Fsp3) is 0.364. The Labute approximate surface area is 170 Å². The summed E-state index contributed by atoms with van der Waals surface area (Å²) in [7, 11) is 1.69. The molecule has 1 aliphatic rings. The molecule has 0 saturated carbocycles. The molecule has 29 heavy (non-hydrogen) atoms. The SMILES string of the molecule is COc1ccc(N2CCN(CCCNc3cc(=O)n4ccccc4n3)CC2)cc1. The quantitative estimate of drug-likeness (QED) is 0.622. The van der Waals surface area contributed by atoms with Crippen LogP contribution >= 0.6 is 0 Å². The van der Waals surface area contributed by atoms with Crippen LogP contribution in [0.2, 0.25) is 0 Å². The molecule has 1 N–H and O–H groups in total. The van der Waals surface area contributed by atoms with Gasteiger partial charge in [-0.3, -0.25) is 14.1 Å². The first kappa shape index (κ1) is 19.3. The van der Waals surface area contributed by atoms with Gasteiger partial charge in [-0.15, -0.1) is 0 Å². The molecule has 2 aromatic heterocycles. The van der Waals surface area contributed by atoms with E-state index >= 15 is 0 Å². The lowest BCUT2D eigenvalue weighted by molar-refractivity contribution is 0.257. The van der Waals surface area contributed by atoms with E-state index in [9.17, 15) is 4.79 Å². The average molecular weight is 393 g/mol. The van der Waals surface area contributed by atoms with E-state index in [1.54, 1.807) is 23.8 Å². The van der Waals surface area contributed by atoms with E-state index in [1.165, 1.54) is 5.69 Å². The predicted molar refractivity (Wildman–Crippen MR) is 116 cm³/mol. The van der Waals surface area contributed by atoms with E-state index in [1.807, 2.05) is 30.3 Å². The second-order valence-corrected chi connectivity index (χ2v) is 7.22. The summed E-state index contributed by atoms with van der Waals surface area (Å²) in [5.41, 5.74) is 1.85. The zero-order chi connectivity index (χ0) is 20.1. The van der Waals surface area contributed by atoms with Crippen LogP contribution in [0.25, 0.3) is 5.65 Å². The highest BCUT2D eigenvalue weighted by atomic mass is 16.5. The van der Waals surface area contributed by atoms with Crippen LogP contribution in [-0.4, -0.2) is 60.7 Å². The van der Waals surface area contributed by atoms with Gasteiger partial charge in [-0.2, -0.15) is 0 Å². The van der Waals surface area contributed by atoms with Crippen LogP contribution in [0.5, 0.6) is 5.75 Å². The Bertz CT molecular complexity index is 994. The monoisotopic (exact) mass is 393 g/mol. The molecule has 3 aromatic rings. The fourth-order valence-electron chi connectivity index (χ4n) is 3.69. The number of aromatic nitrogens is 2. The van der Waals surface area contributed by atoms with Crippen molar-refractivity contribution < 1.29 is 4.74 Å². The molecule has 0 atom stereocenters. The number of nitrogens with zero attached hydrogens (tertiary/aromatic N) is 4. The Hall–Kier alpha value is -3.06. The number of hydrogen-bond donors (Lipinski definition) is 1. The number of fused-ring (bicyclic) bond motifs is 1. The molecular weight excluding hydrogens is 366 g/mol. The van der Waals surface area contributed by atoms with Gasteiger partial charge >= 0.3 is 0 Å². The Kier molecular flexibility index (Phi) is 5.95. The van der Waals surface area contributed by atoms with Gasteiger partial charge in [-0.25, -0.2) is 4.98 Å². The molecule has 1 fully saturated rings. The summed E-state index contributed by atoms with van der Waals surface area (Å²) < 4.78 is 6.78. The van der Waals surface area contributed by atoms with Crippen molar-refractivity contribution in [3.8, 4) is 5.75 Å². The number of rotatable bonds is 7. The summed E-state index contributed by atoms with van der Waals surface area (Å²) >= 11 is 0. The maximum Gasteiger partial charge on any atom is 0.259 e. The standard InChI is InChI=1S/C22H27N5O2/c1-29-19-8-6-18(7-9-19)26-15-13-25(14-16-26)11-4-10-23-20-17-22(28)27-12-3-2-5-21(27)24-20/h2-3,5-9,12,17,23H,4,10-11,13-16H2,1H3. The first-order chi connectivity index (χ1) is 14.2. The summed E-state index contributed by atoms with van der Waals surface area (Å²) in [5, 5.41) is 3.29. The fourth-order valence-corrected chi connectivity index (χ4v) is 3.69. The normalized spacial score (nSPS) is 14.9. The summed E-state index contributed by atoms with van der Waals surface area (Å²) in [6.45, 7) is 6.01. The maximum absolute atomic E-state index is 12.1. The van der Waals surface area contributed by atoms with Gasteiger partial charge in [0, 0.05) is 50.7 Å². The van der Waals surface area contributed by atoms with Gasteiger partial charge in [-0.05, 0) is 49.4 Å². The van der Waals surface area contributed by atoms with Crippen molar-refractivity contribution in [2.45, 2.75) is 6.42 Å². The zero-order valence-corrected chi connectivity index (χ0v) is 16.8. The van der Waals surface area contributed by atoms with Crippen LogP contribution in [0.15, 0.2) is 59.5 Å². The topological polar surface area (TPSA) is 62.1 Å². The molecule has 0 spiro atoms. The predicted octanol–water partition coefficient (Wildman–Crippen LogP) is 2.33. The van der Waals surface area contributed by atoms with E-state index in [-0.39, 0.29) is 5.56 Å². The van der Waals surface area contributed by atoms with E-state index in [0.29, 0.717) is 11.5 Å². The first-order valence-corrected chi connectivity index (χ1v) is 10.1. The summed E-state index contributed by atoms with van der Waals surface area (Å²) in [5.74, 6) is 1.54. The number of anilines is 2. The van der Waals surface area contributed by atoms with E-state index < -0.39 is 0 Å². The van der Waals surface area contributed by atoms with E-state index in [4.69, 9.17) is 4.74 Å². The second kappa shape index (κ2) is 8.96. The lowest BCUT2D eigenvalue weighted by Crippen LogP contribution is -2.46. The van der Waals surface area contributed by atoms with Crippen molar-refractivity contribution >= 4 is 17.2 Å². The van der Waals surface area contributed by atoms with Gasteiger partial charge in [0.1, 0.15) is 17.2 Å². The number of methoxy groups -OCH3 is 1. The molecule has 0 unspecified atom stereocenters. The molecule has 7 heteroatoms. The third-order valence-electron chi connectivity index (χ3n) is 5.34. The van der Waals surface area contributed by atoms with Crippen LogP contribution in [0.1, 0.15) is 6.42 Å². The van der Waals surface area contributed by atoms with E-state index in [2.05, 4.69) is 32.2 Å². The van der Waals surface area contributed by atoms with Crippen molar-refractivity contribution in [3.63, 3.8) is 0 Å². The minimum atomic E-state index is -0.0623. The number of piperazine rings is 1. The zero-order valence-electron chi connectivity index (χ0n) is 16.8. The summed E-state index contributed by atoms with van der Waals surface area (Å²) in [6, 6.07) is 15.4.